The maximum atomic E-state index is 13.1. The summed E-state index contributed by atoms with van der Waals surface area (Å²) in [5.74, 6) is 0.446. The highest BCUT2D eigenvalue weighted by atomic mass is 16.5. The lowest BCUT2D eigenvalue weighted by Gasteiger charge is -2.17. The van der Waals surface area contributed by atoms with E-state index in [2.05, 4.69) is 10.3 Å². The van der Waals surface area contributed by atoms with Gasteiger partial charge in [-0.2, -0.15) is 0 Å². The van der Waals surface area contributed by atoms with Gasteiger partial charge >= 0.3 is 0 Å². The molecule has 2 N–H and O–H groups in total. The van der Waals surface area contributed by atoms with Crippen molar-refractivity contribution in [2.24, 2.45) is 0 Å². The highest BCUT2D eigenvalue weighted by Gasteiger charge is 2.39. The molecule has 1 saturated heterocycles. The minimum Gasteiger partial charge on any atom is -0.497 e. The predicted octanol–water partition coefficient (Wildman–Crippen LogP) is 3.79. The van der Waals surface area contributed by atoms with Crippen molar-refractivity contribution < 1.29 is 14.3 Å². The Morgan fingerprint density at radius 1 is 1.06 bits per heavy atom. The van der Waals surface area contributed by atoms with Crippen LogP contribution in [-0.4, -0.2) is 36.5 Å². The molecule has 0 saturated carbocycles. The highest BCUT2D eigenvalue weighted by Crippen LogP contribution is 2.31. The molecule has 4 aromatic rings. The van der Waals surface area contributed by atoms with Crippen LogP contribution in [0.3, 0.4) is 0 Å². The first-order valence-electron chi connectivity index (χ1n) is 10.4. The predicted molar refractivity (Wildman–Crippen MR) is 121 cm³/mol. The lowest BCUT2D eigenvalue weighted by Crippen LogP contribution is -2.39. The topological polar surface area (TPSA) is 74.4 Å². The number of benzene rings is 3. The average Bonchev–Trinajstić information content (AvgIpc) is 3.33. The number of nitrogens with one attached hydrogen (secondary N) is 2. The third-order valence-electron chi connectivity index (χ3n) is 5.91. The van der Waals surface area contributed by atoms with Gasteiger partial charge in [-0.3, -0.25) is 9.59 Å². The molecule has 0 aliphatic carbocycles. The first kappa shape index (κ1) is 19.3. The Morgan fingerprint density at radius 2 is 1.90 bits per heavy atom. The molecule has 2 amide bonds. The number of imide groups is 1. The molecule has 1 aromatic heterocycles. The van der Waals surface area contributed by atoms with E-state index < -0.39 is 6.04 Å². The Bertz CT molecular complexity index is 1290. The van der Waals surface area contributed by atoms with Crippen LogP contribution in [0.5, 0.6) is 5.75 Å². The van der Waals surface area contributed by atoms with Crippen molar-refractivity contribution in [3.63, 3.8) is 0 Å². The molecule has 0 radical (unpaired) electrons. The standard InChI is InChI=1S/C25H23N3O3/c1-31-18-9-10-21-20(13-18)17(15-27-21)11-12-26-22-14-24(29)28(25(22)30)23-8-4-6-16-5-2-3-7-19(16)23/h2-10,13,15,22,26-27H,11-12,14H2,1H3/t22-/m0/s1. The number of hydrogen-bond acceptors (Lipinski definition) is 4. The van der Waals surface area contributed by atoms with E-state index in [1.807, 2.05) is 66.9 Å². The number of methoxy groups -OCH3 is 1. The number of anilines is 1. The molecule has 1 aliphatic rings. The fourth-order valence-corrected chi connectivity index (χ4v) is 4.32. The molecule has 3 aromatic carbocycles. The molecule has 6 nitrogen and oxygen atoms in total. The third kappa shape index (κ3) is 3.45. The first-order valence-corrected chi connectivity index (χ1v) is 10.4. The summed E-state index contributed by atoms with van der Waals surface area (Å²) >= 11 is 0. The summed E-state index contributed by atoms with van der Waals surface area (Å²) in [6, 6.07) is 18.9. The molecule has 0 unspecified atom stereocenters. The third-order valence-corrected chi connectivity index (χ3v) is 5.91. The number of ether oxygens (including phenoxy) is 1. The van der Waals surface area contributed by atoms with Crippen molar-refractivity contribution in [1.82, 2.24) is 10.3 Å². The van der Waals surface area contributed by atoms with Gasteiger partial charge in [-0.15, -0.1) is 0 Å². The van der Waals surface area contributed by atoms with Crippen LogP contribution < -0.4 is 15.0 Å². The van der Waals surface area contributed by atoms with Gasteiger partial charge in [0.2, 0.25) is 5.91 Å². The molecule has 2 heterocycles. The summed E-state index contributed by atoms with van der Waals surface area (Å²) in [7, 11) is 1.65. The van der Waals surface area contributed by atoms with Gasteiger partial charge in [0.15, 0.2) is 0 Å². The number of nitrogens with zero attached hydrogens (tertiary/aromatic N) is 1. The van der Waals surface area contributed by atoms with Crippen molar-refractivity contribution in [2.75, 3.05) is 18.6 Å². The highest BCUT2D eigenvalue weighted by molar-refractivity contribution is 6.25. The number of aromatic nitrogens is 1. The minimum atomic E-state index is -0.508. The van der Waals surface area contributed by atoms with E-state index in [1.165, 1.54) is 4.90 Å². The minimum absolute atomic E-state index is 0.170. The van der Waals surface area contributed by atoms with Gasteiger partial charge in [-0.1, -0.05) is 36.4 Å². The molecule has 1 atom stereocenters. The van der Waals surface area contributed by atoms with Crippen molar-refractivity contribution in [1.29, 1.82) is 0 Å². The Kier molecular flexibility index (Phi) is 4.92. The first-order chi connectivity index (χ1) is 15.2. The summed E-state index contributed by atoms with van der Waals surface area (Å²) in [5.41, 5.74) is 2.84. The molecule has 31 heavy (non-hydrogen) atoms. The maximum Gasteiger partial charge on any atom is 0.251 e. The van der Waals surface area contributed by atoms with Crippen LogP contribution in [0.1, 0.15) is 12.0 Å². The second-order valence-corrected chi connectivity index (χ2v) is 7.75. The molecule has 5 rings (SSSR count). The fourth-order valence-electron chi connectivity index (χ4n) is 4.32. The van der Waals surface area contributed by atoms with Crippen molar-refractivity contribution in [3.8, 4) is 5.75 Å². The molecule has 6 heteroatoms. The molecular weight excluding hydrogens is 390 g/mol. The summed E-state index contributed by atoms with van der Waals surface area (Å²) in [6.45, 7) is 0.594. The van der Waals surface area contributed by atoms with E-state index in [9.17, 15) is 9.59 Å². The Labute approximate surface area is 179 Å². The molecular formula is C25H23N3O3. The van der Waals surface area contributed by atoms with Crippen LogP contribution in [0.4, 0.5) is 5.69 Å². The van der Waals surface area contributed by atoms with Crippen molar-refractivity contribution in [3.05, 3.63) is 72.4 Å². The molecule has 1 fully saturated rings. The van der Waals surface area contributed by atoms with E-state index >= 15 is 0 Å². The monoisotopic (exact) mass is 413 g/mol. The molecule has 0 spiro atoms. The number of hydrogen-bond donors (Lipinski definition) is 2. The zero-order chi connectivity index (χ0) is 21.4. The van der Waals surface area contributed by atoms with Crippen molar-refractivity contribution in [2.45, 2.75) is 18.9 Å². The lowest BCUT2D eigenvalue weighted by atomic mass is 10.1. The smallest absolute Gasteiger partial charge is 0.251 e. The summed E-state index contributed by atoms with van der Waals surface area (Å²) in [4.78, 5) is 30.4. The number of aromatic amines is 1. The number of fused-ring (bicyclic) bond motifs is 2. The van der Waals surface area contributed by atoms with Gasteiger partial charge in [0.05, 0.1) is 25.3 Å². The Balaban J connectivity index is 1.30. The Morgan fingerprint density at radius 3 is 2.77 bits per heavy atom. The van der Waals surface area contributed by atoms with E-state index in [0.29, 0.717) is 12.2 Å². The second-order valence-electron chi connectivity index (χ2n) is 7.75. The van der Waals surface area contributed by atoms with Crippen LogP contribution in [0, 0.1) is 0 Å². The Hall–Kier alpha value is -3.64. The zero-order valence-corrected chi connectivity index (χ0v) is 17.2. The largest absolute Gasteiger partial charge is 0.497 e. The quantitative estimate of drug-likeness (QED) is 0.472. The van der Waals surface area contributed by atoms with Gasteiger partial charge in [0.25, 0.3) is 5.91 Å². The molecule has 156 valence electrons. The number of carbonyl (C=O) groups excluding carboxylic acids is 2. The summed E-state index contributed by atoms with van der Waals surface area (Å²) in [5, 5.41) is 6.30. The zero-order valence-electron chi connectivity index (χ0n) is 17.2. The average molecular weight is 413 g/mol. The van der Waals surface area contributed by atoms with Gasteiger partial charge in [0, 0.05) is 29.0 Å². The number of rotatable bonds is 6. The number of carbonyl (C=O) groups is 2. The van der Waals surface area contributed by atoms with Gasteiger partial charge < -0.3 is 15.0 Å². The summed E-state index contributed by atoms with van der Waals surface area (Å²) in [6.07, 6.45) is 2.89. The van der Waals surface area contributed by atoms with Crippen LogP contribution in [0.25, 0.3) is 21.7 Å². The van der Waals surface area contributed by atoms with Gasteiger partial charge in [0.1, 0.15) is 5.75 Å². The second kappa shape index (κ2) is 7.89. The van der Waals surface area contributed by atoms with E-state index in [1.54, 1.807) is 7.11 Å². The SMILES string of the molecule is COc1ccc2[nH]cc(CCN[C@H]3CC(=O)N(c4cccc5ccccc45)C3=O)c2c1. The van der Waals surface area contributed by atoms with Gasteiger partial charge in [-0.05, 0) is 41.6 Å². The van der Waals surface area contributed by atoms with Crippen LogP contribution in [-0.2, 0) is 16.0 Å². The van der Waals surface area contributed by atoms with E-state index in [-0.39, 0.29) is 18.2 Å². The molecule has 0 bridgehead atoms. The van der Waals surface area contributed by atoms with Crippen LogP contribution >= 0.6 is 0 Å². The van der Waals surface area contributed by atoms with Crippen LogP contribution in [0.15, 0.2) is 66.9 Å². The van der Waals surface area contributed by atoms with Crippen LogP contribution in [0.2, 0.25) is 0 Å². The van der Waals surface area contributed by atoms with Gasteiger partial charge in [-0.25, -0.2) is 4.90 Å². The maximum absolute atomic E-state index is 13.1. The molecule has 1 aliphatic heterocycles. The fraction of sp³-hybridized carbons (Fsp3) is 0.200. The number of H-pyrrole nitrogens is 1. The van der Waals surface area contributed by atoms with E-state index in [4.69, 9.17) is 4.74 Å². The number of amides is 2. The lowest BCUT2D eigenvalue weighted by molar-refractivity contribution is -0.121. The van der Waals surface area contributed by atoms with Crippen molar-refractivity contribution >= 4 is 39.2 Å². The summed E-state index contributed by atoms with van der Waals surface area (Å²) < 4.78 is 5.33. The normalized spacial score (nSPS) is 16.5. The van der Waals surface area contributed by atoms with E-state index in [0.717, 1.165) is 39.4 Å².